The van der Waals surface area contributed by atoms with Gasteiger partial charge >= 0.3 is 0 Å². The largest absolute Gasteiger partial charge is 0.383 e. The highest BCUT2D eigenvalue weighted by atomic mass is 35.5. The van der Waals surface area contributed by atoms with Gasteiger partial charge in [-0.3, -0.25) is 4.79 Å². The summed E-state index contributed by atoms with van der Waals surface area (Å²) in [5.74, 6) is -0.267. The van der Waals surface area contributed by atoms with Gasteiger partial charge in [0.1, 0.15) is 0 Å². The maximum absolute atomic E-state index is 12.4. The van der Waals surface area contributed by atoms with E-state index in [4.69, 9.17) is 4.74 Å². The minimum Gasteiger partial charge on any atom is -0.383 e. The Balaban J connectivity index is 0.00000364. The smallest absolute Gasteiger partial charge is 0.238 e. The molecule has 148 valence electrons. The molecule has 0 spiro atoms. The zero-order chi connectivity index (χ0) is 18.8. The first-order valence-electron chi connectivity index (χ1n) is 8.31. The summed E-state index contributed by atoms with van der Waals surface area (Å²) in [7, 11) is -1.70. The van der Waals surface area contributed by atoms with Crippen molar-refractivity contribution in [2.45, 2.75) is 11.5 Å². The monoisotopic (exact) mass is 412 g/mol. The second-order valence-corrected chi connectivity index (χ2v) is 8.00. The van der Waals surface area contributed by atoms with Gasteiger partial charge in [-0.25, -0.2) is 8.42 Å². The van der Waals surface area contributed by atoms with Crippen molar-refractivity contribution in [2.75, 3.05) is 32.1 Å². The molecule has 0 fully saturated rings. The number of carbonyl (C=O) groups excluding carboxylic acids is 1. The summed E-state index contributed by atoms with van der Waals surface area (Å²) in [5.41, 5.74) is 1.99. The topological polar surface area (TPSA) is 84.5 Å². The van der Waals surface area contributed by atoms with Crippen molar-refractivity contribution in [1.29, 1.82) is 0 Å². The summed E-state index contributed by atoms with van der Waals surface area (Å²) < 4.78 is 29.7. The maximum atomic E-state index is 12.4. The molecule has 2 aromatic rings. The van der Waals surface area contributed by atoms with Crippen molar-refractivity contribution in [2.24, 2.45) is 0 Å². The van der Waals surface area contributed by atoms with E-state index in [9.17, 15) is 13.2 Å². The van der Waals surface area contributed by atoms with E-state index in [1.807, 2.05) is 18.2 Å². The highest BCUT2D eigenvalue weighted by Gasteiger charge is 2.13. The number of benzene rings is 2. The Morgan fingerprint density at radius 2 is 1.67 bits per heavy atom. The molecule has 0 heterocycles. The van der Waals surface area contributed by atoms with Crippen molar-refractivity contribution in [1.82, 2.24) is 5.32 Å². The molecule has 1 amide bonds. The fraction of sp³-hybridized carbons (Fsp3) is 0.316. The molecule has 0 aromatic heterocycles. The van der Waals surface area contributed by atoms with E-state index in [1.165, 1.54) is 0 Å². The van der Waals surface area contributed by atoms with Gasteiger partial charge in [0, 0.05) is 19.3 Å². The molecular formula is C19H25ClN2O4S. The molecule has 0 radical (unpaired) electrons. The summed E-state index contributed by atoms with van der Waals surface area (Å²) in [4.78, 5) is 11.9. The summed E-state index contributed by atoms with van der Waals surface area (Å²) in [6.45, 7) is 1.28. The molecule has 2 aromatic carbocycles. The summed E-state index contributed by atoms with van der Waals surface area (Å²) in [6.07, 6.45) is 0. The number of amides is 1. The average molecular weight is 413 g/mol. The van der Waals surface area contributed by atoms with E-state index >= 15 is 0 Å². The SMILES string of the molecule is COCCNCC(=O)Nc1cccc(CS(=O)(=O)Cc2ccccc2)c1.Cl. The van der Waals surface area contributed by atoms with Crippen LogP contribution in [0.4, 0.5) is 5.69 Å². The summed E-state index contributed by atoms with van der Waals surface area (Å²) in [6, 6.07) is 16.0. The van der Waals surface area contributed by atoms with Crippen molar-refractivity contribution < 1.29 is 17.9 Å². The minimum absolute atomic E-state index is 0. The molecule has 0 saturated heterocycles. The Bertz CT molecular complexity index is 813. The van der Waals surface area contributed by atoms with Crippen LogP contribution in [0.25, 0.3) is 0 Å². The molecular weight excluding hydrogens is 388 g/mol. The number of hydrogen-bond donors (Lipinski definition) is 2. The molecule has 2 N–H and O–H groups in total. The van der Waals surface area contributed by atoms with Crippen LogP contribution in [0.5, 0.6) is 0 Å². The van der Waals surface area contributed by atoms with Crippen LogP contribution in [0.15, 0.2) is 54.6 Å². The fourth-order valence-electron chi connectivity index (χ4n) is 2.45. The number of halogens is 1. The number of nitrogens with one attached hydrogen (secondary N) is 2. The van der Waals surface area contributed by atoms with Crippen molar-refractivity contribution in [3.8, 4) is 0 Å². The predicted molar refractivity (Wildman–Crippen MR) is 110 cm³/mol. The highest BCUT2D eigenvalue weighted by Crippen LogP contribution is 2.16. The number of sulfone groups is 1. The molecule has 0 aliphatic carbocycles. The van der Waals surface area contributed by atoms with Gasteiger partial charge in [-0.15, -0.1) is 12.4 Å². The van der Waals surface area contributed by atoms with Gasteiger partial charge in [0.2, 0.25) is 5.91 Å². The quantitative estimate of drug-likeness (QED) is 0.585. The number of anilines is 1. The van der Waals surface area contributed by atoms with Gasteiger partial charge in [-0.05, 0) is 23.3 Å². The third-order valence-corrected chi connectivity index (χ3v) is 5.14. The summed E-state index contributed by atoms with van der Waals surface area (Å²) >= 11 is 0. The van der Waals surface area contributed by atoms with Crippen LogP contribution >= 0.6 is 12.4 Å². The first kappa shape index (κ1) is 23.1. The molecule has 6 nitrogen and oxygen atoms in total. The number of rotatable bonds is 10. The molecule has 0 bridgehead atoms. The Labute approximate surface area is 166 Å². The summed E-state index contributed by atoms with van der Waals surface area (Å²) in [5, 5.41) is 5.71. The minimum atomic E-state index is -3.29. The zero-order valence-electron chi connectivity index (χ0n) is 15.2. The van der Waals surface area contributed by atoms with Gasteiger partial charge in [-0.2, -0.15) is 0 Å². The normalized spacial score (nSPS) is 10.9. The molecule has 0 aliphatic heterocycles. The Morgan fingerprint density at radius 3 is 2.37 bits per heavy atom. The van der Waals surface area contributed by atoms with E-state index in [2.05, 4.69) is 10.6 Å². The second kappa shape index (κ2) is 11.7. The predicted octanol–water partition coefficient (Wildman–Crippen LogP) is 2.40. The first-order valence-corrected chi connectivity index (χ1v) is 10.1. The fourth-order valence-corrected chi connectivity index (χ4v) is 3.94. The second-order valence-electron chi connectivity index (χ2n) is 5.94. The molecule has 0 saturated carbocycles. The third-order valence-electron chi connectivity index (χ3n) is 3.60. The van der Waals surface area contributed by atoms with Crippen LogP contribution in [0.1, 0.15) is 11.1 Å². The van der Waals surface area contributed by atoms with Gasteiger partial charge < -0.3 is 15.4 Å². The van der Waals surface area contributed by atoms with E-state index in [0.717, 1.165) is 5.56 Å². The van der Waals surface area contributed by atoms with Gasteiger partial charge in [-0.1, -0.05) is 42.5 Å². The average Bonchev–Trinajstić information content (AvgIpc) is 2.59. The zero-order valence-corrected chi connectivity index (χ0v) is 16.8. The van der Waals surface area contributed by atoms with Crippen molar-refractivity contribution >= 4 is 33.8 Å². The molecule has 2 rings (SSSR count). The number of hydrogen-bond acceptors (Lipinski definition) is 5. The molecule has 0 unspecified atom stereocenters. The van der Waals surface area contributed by atoms with Gasteiger partial charge in [0.05, 0.1) is 24.7 Å². The van der Waals surface area contributed by atoms with Crippen LogP contribution in [-0.4, -0.2) is 41.1 Å². The molecule has 0 atom stereocenters. The highest BCUT2D eigenvalue weighted by molar-refractivity contribution is 7.89. The Kier molecular flexibility index (Phi) is 10.0. The van der Waals surface area contributed by atoms with Crippen LogP contribution in [0.2, 0.25) is 0 Å². The number of ether oxygens (including phenoxy) is 1. The molecule has 27 heavy (non-hydrogen) atoms. The van der Waals surface area contributed by atoms with E-state index in [0.29, 0.717) is 24.4 Å². The van der Waals surface area contributed by atoms with Crippen LogP contribution in [0.3, 0.4) is 0 Å². The lowest BCUT2D eigenvalue weighted by molar-refractivity contribution is -0.115. The third kappa shape index (κ3) is 9.01. The maximum Gasteiger partial charge on any atom is 0.238 e. The molecule has 0 aliphatic rings. The molecule has 8 heteroatoms. The standard InChI is InChI=1S/C19H24N2O4S.ClH/c1-25-11-10-20-13-19(22)21-18-9-5-8-17(12-18)15-26(23,24)14-16-6-3-2-4-7-16;/h2-9,12,20H,10-11,13-15H2,1H3,(H,21,22);1H. The lowest BCUT2D eigenvalue weighted by atomic mass is 10.2. The van der Waals surface area contributed by atoms with Gasteiger partial charge in [0.25, 0.3) is 0 Å². The Morgan fingerprint density at radius 1 is 1.00 bits per heavy atom. The Hall–Kier alpha value is -1.93. The lowest BCUT2D eigenvalue weighted by Gasteiger charge is -2.09. The van der Waals surface area contributed by atoms with Crippen LogP contribution in [-0.2, 0) is 30.9 Å². The first-order chi connectivity index (χ1) is 12.5. The van der Waals surface area contributed by atoms with Crippen LogP contribution in [0, 0.1) is 0 Å². The number of carbonyl (C=O) groups is 1. The van der Waals surface area contributed by atoms with E-state index < -0.39 is 9.84 Å². The van der Waals surface area contributed by atoms with Gasteiger partial charge in [0.15, 0.2) is 9.84 Å². The van der Waals surface area contributed by atoms with Crippen molar-refractivity contribution in [3.63, 3.8) is 0 Å². The van der Waals surface area contributed by atoms with Crippen molar-refractivity contribution in [3.05, 3.63) is 65.7 Å². The van der Waals surface area contributed by atoms with E-state index in [1.54, 1.807) is 43.5 Å². The van der Waals surface area contributed by atoms with E-state index in [-0.39, 0.29) is 36.4 Å². The van der Waals surface area contributed by atoms with Crippen LogP contribution < -0.4 is 10.6 Å². The lowest BCUT2D eigenvalue weighted by Crippen LogP contribution is -2.30. The number of methoxy groups -OCH3 is 1.